The minimum absolute atomic E-state index is 0.652. The van der Waals surface area contributed by atoms with Gasteiger partial charge < -0.3 is 5.32 Å². The zero-order valence-corrected chi connectivity index (χ0v) is 11.6. The molecule has 0 heterocycles. The molecule has 0 unspecified atom stereocenters. The van der Waals surface area contributed by atoms with Crippen LogP contribution in [-0.2, 0) is 6.54 Å². The van der Waals surface area contributed by atoms with Crippen LogP contribution in [0.25, 0.3) is 0 Å². The van der Waals surface area contributed by atoms with E-state index >= 15 is 0 Å². The number of hydrogen-bond donors (Lipinski definition) is 1. The largest absolute Gasteiger partial charge is 0.312 e. The fourth-order valence-corrected chi connectivity index (χ4v) is 2.43. The summed E-state index contributed by atoms with van der Waals surface area (Å²) in [6.07, 6.45) is 0. The van der Waals surface area contributed by atoms with Gasteiger partial charge in [-0.15, -0.1) is 11.8 Å². The first-order chi connectivity index (χ1) is 7.58. The Hall–Kier alpha value is -0.470. The summed E-state index contributed by atoms with van der Waals surface area (Å²) in [7, 11) is 0. The summed E-state index contributed by atoms with van der Waals surface area (Å²) in [6, 6.07) is 8.82. The lowest BCUT2D eigenvalue weighted by atomic mass is 10.2. The minimum Gasteiger partial charge on any atom is -0.312 e. The minimum atomic E-state index is 0.652. The van der Waals surface area contributed by atoms with Crippen LogP contribution in [0, 0.1) is 5.92 Å². The highest BCUT2D eigenvalue weighted by Gasteiger charge is 2.00. The second-order valence-corrected chi connectivity index (χ2v) is 6.49. The third kappa shape index (κ3) is 5.57. The second-order valence-electron chi connectivity index (χ2n) is 4.84. The predicted octanol–water partition coefficient (Wildman–Crippen LogP) is 3.93. The molecule has 0 aliphatic heterocycles. The van der Waals surface area contributed by atoms with Crippen LogP contribution < -0.4 is 5.32 Å². The highest BCUT2D eigenvalue weighted by atomic mass is 32.2. The number of benzene rings is 1. The Morgan fingerprint density at radius 3 is 2.56 bits per heavy atom. The van der Waals surface area contributed by atoms with Gasteiger partial charge in [-0.05, 0) is 30.2 Å². The smallest absolute Gasteiger partial charge is 0.0206 e. The van der Waals surface area contributed by atoms with Crippen molar-refractivity contribution in [3.05, 3.63) is 29.8 Å². The van der Waals surface area contributed by atoms with Crippen molar-refractivity contribution in [2.45, 2.75) is 44.4 Å². The lowest BCUT2D eigenvalue weighted by Crippen LogP contribution is -2.18. The van der Waals surface area contributed by atoms with Gasteiger partial charge in [0.2, 0.25) is 0 Å². The fraction of sp³-hybridized carbons (Fsp3) is 0.571. The van der Waals surface area contributed by atoms with Gasteiger partial charge in [-0.2, -0.15) is 0 Å². The maximum absolute atomic E-state index is 3.47. The molecule has 2 heteroatoms. The van der Waals surface area contributed by atoms with Crippen molar-refractivity contribution in [2.75, 3.05) is 6.54 Å². The van der Waals surface area contributed by atoms with Crippen LogP contribution in [0.15, 0.2) is 29.2 Å². The molecule has 1 nitrogen and oxygen atoms in total. The average molecular weight is 237 g/mol. The molecule has 0 fully saturated rings. The SMILES string of the molecule is CC(C)CNCc1cccc(SC(C)C)c1. The van der Waals surface area contributed by atoms with E-state index in [9.17, 15) is 0 Å². The lowest BCUT2D eigenvalue weighted by molar-refractivity contribution is 0.552. The Kier molecular flexibility index (Phi) is 5.93. The molecule has 90 valence electrons. The molecule has 0 spiro atoms. The molecule has 0 aliphatic carbocycles. The summed E-state index contributed by atoms with van der Waals surface area (Å²) in [4.78, 5) is 1.37. The van der Waals surface area contributed by atoms with Gasteiger partial charge in [-0.1, -0.05) is 39.8 Å². The molecule has 0 aliphatic rings. The van der Waals surface area contributed by atoms with E-state index in [0.29, 0.717) is 11.2 Å². The van der Waals surface area contributed by atoms with Gasteiger partial charge in [-0.25, -0.2) is 0 Å². The lowest BCUT2D eigenvalue weighted by Gasteiger charge is -2.09. The second kappa shape index (κ2) is 6.97. The van der Waals surface area contributed by atoms with Crippen LogP contribution in [0.4, 0.5) is 0 Å². The number of rotatable bonds is 6. The summed E-state index contributed by atoms with van der Waals surface area (Å²) >= 11 is 1.92. The Balaban J connectivity index is 2.47. The standard InChI is InChI=1S/C14H23NS/c1-11(2)9-15-10-13-6-5-7-14(8-13)16-12(3)4/h5-8,11-12,15H,9-10H2,1-4H3. The predicted molar refractivity (Wildman–Crippen MR) is 74.0 cm³/mol. The quantitative estimate of drug-likeness (QED) is 0.752. The van der Waals surface area contributed by atoms with Crippen LogP contribution in [-0.4, -0.2) is 11.8 Å². The summed E-state index contributed by atoms with van der Waals surface area (Å²) in [5, 5.41) is 4.12. The van der Waals surface area contributed by atoms with E-state index in [0.717, 1.165) is 13.1 Å². The normalized spacial score (nSPS) is 11.4. The molecule has 0 saturated carbocycles. The third-order valence-corrected chi connectivity index (χ3v) is 3.15. The van der Waals surface area contributed by atoms with Crippen molar-refractivity contribution in [1.29, 1.82) is 0 Å². The van der Waals surface area contributed by atoms with Crippen LogP contribution in [0.1, 0.15) is 33.3 Å². The van der Waals surface area contributed by atoms with Crippen molar-refractivity contribution >= 4 is 11.8 Å². The molecule has 1 aromatic carbocycles. The molecule has 0 saturated heterocycles. The highest BCUT2D eigenvalue weighted by Crippen LogP contribution is 2.23. The van der Waals surface area contributed by atoms with Crippen molar-refractivity contribution in [3.63, 3.8) is 0 Å². The fourth-order valence-electron chi connectivity index (χ4n) is 1.51. The van der Waals surface area contributed by atoms with E-state index in [1.54, 1.807) is 0 Å². The van der Waals surface area contributed by atoms with E-state index in [1.807, 2.05) is 11.8 Å². The Morgan fingerprint density at radius 1 is 1.19 bits per heavy atom. The zero-order valence-electron chi connectivity index (χ0n) is 10.8. The van der Waals surface area contributed by atoms with Gasteiger partial charge in [0.15, 0.2) is 0 Å². The Morgan fingerprint density at radius 2 is 1.94 bits per heavy atom. The van der Waals surface area contributed by atoms with E-state index in [-0.39, 0.29) is 0 Å². The molecule has 0 bridgehead atoms. The van der Waals surface area contributed by atoms with E-state index < -0.39 is 0 Å². The monoisotopic (exact) mass is 237 g/mol. The first-order valence-electron chi connectivity index (χ1n) is 6.04. The molecule has 1 rings (SSSR count). The molecular weight excluding hydrogens is 214 g/mol. The molecule has 16 heavy (non-hydrogen) atoms. The Labute approximate surface area is 104 Å². The van der Waals surface area contributed by atoms with E-state index in [1.165, 1.54) is 10.5 Å². The maximum Gasteiger partial charge on any atom is 0.0206 e. The van der Waals surface area contributed by atoms with Crippen molar-refractivity contribution in [3.8, 4) is 0 Å². The van der Waals surface area contributed by atoms with Crippen LogP contribution in [0.3, 0.4) is 0 Å². The van der Waals surface area contributed by atoms with Gasteiger partial charge in [0.05, 0.1) is 0 Å². The molecule has 0 aromatic heterocycles. The van der Waals surface area contributed by atoms with Crippen molar-refractivity contribution in [2.24, 2.45) is 5.92 Å². The zero-order chi connectivity index (χ0) is 12.0. The first kappa shape index (κ1) is 13.6. The first-order valence-corrected chi connectivity index (χ1v) is 6.92. The average Bonchev–Trinajstić information content (AvgIpc) is 2.16. The summed E-state index contributed by atoms with van der Waals surface area (Å²) < 4.78 is 0. The molecule has 0 radical (unpaired) electrons. The van der Waals surface area contributed by atoms with Gasteiger partial charge in [0.25, 0.3) is 0 Å². The van der Waals surface area contributed by atoms with Crippen LogP contribution in [0.5, 0.6) is 0 Å². The summed E-state index contributed by atoms with van der Waals surface area (Å²) in [5.41, 5.74) is 1.38. The summed E-state index contributed by atoms with van der Waals surface area (Å²) in [5.74, 6) is 0.716. The number of nitrogens with one attached hydrogen (secondary N) is 1. The molecule has 1 aromatic rings. The van der Waals surface area contributed by atoms with Crippen molar-refractivity contribution in [1.82, 2.24) is 5.32 Å². The van der Waals surface area contributed by atoms with Crippen LogP contribution >= 0.6 is 11.8 Å². The van der Waals surface area contributed by atoms with E-state index in [2.05, 4.69) is 57.3 Å². The number of hydrogen-bond acceptors (Lipinski definition) is 2. The topological polar surface area (TPSA) is 12.0 Å². The summed E-state index contributed by atoms with van der Waals surface area (Å²) in [6.45, 7) is 11.0. The Bertz CT molecular complexity index is 307. The van der Waals surface area contributed by atoms with Gasteiger partial charge in [-0.3, -0.25) is 0 Å². The molecule has 1 N–H and O–H groups in total. The molecule has 0 amide bonds. The van der Waals surface area contributed by atoms with Crippen LogP contribution in [0.2, 0.25) is 0 Å². The van der Waals surface area contributed by atoms with Gasteiger partial charge in [0.1, 0.15) is 0 Å². The molecule has 0 atom stereocenters. The highest BCUT2D eigenvalue weighted by molar-refractivity contribution is 7.99. The number of thioether (sulfide) groups is 1. The van der Waals surface area contributed by atoms with Gasteiger partial charge >= 0.3 is 0 Å². The van der Waals surface area contributed by atoms with Crippen molar-refractivity contribution < 1.29 is 0 Å². The van der Waals surface area contributed by atoms with Gasteiger partial charge in [0, 0.05) is 16.7 Å². The van der Waals surface area contributed by atoms with E-state index in [4.69, 9.17) is 0 Å². The third-order valence-electron chi connectivity index (χ3n) is 2.15. The molecular formula is C14H23NS. The maximum atomic E-state index is 3.47.